The maximum absolute atomic E-state index is 13.1. The van der Waals surface area contributed by atoms with Crippen LogP contribution in [0.1, 0.15) is 67.6 Å². The minimum absolute atomic E-state index is 0.118. The van der Waals surface area contributed by atoms with Crippen LogP contribution >= 0.6 is 0 Å². The molecule has 11 heteroatoms. The van der Waals surface area contributed by atoms with Gasteiger partial charge in [-0.3, -0.25) is 19.6 Å². The van der Waals surface area contributed by atoms with Crippen molar-refractivity contribution in [2.45, 2.75) is 66.7 Å². The van der Waals surface area contributed by atoms with E-state index in [-0.39, 0.29) is 11.8 Å². The number of ether oxygens (including phenoxy) is 1. The highest BCUT2D eigenvalue weighted by Crippen LogP contribution is 2.24. The molecule has 36 heavy (non-hydrogen) atoms. The summed E-state index contributed by atoms with van der Waals surface area (Å²) < 4.78 is 8.81. The van der Waals surface area contributed by atoms with E-state index in [0.717, 1.165) is 11.2 Å². The molecule has 0 radical (unpaired) electrons. The molecule has 0 aliphatic rings. The number of carbonyl (C=O) groups is 3. The van der Waals surface area contributed by atoms with Gasteiger partial charge < -0.3 is 20.4 Å². The van der Waals surface area contributed by atoms with Gasteiger partial charge in [0.1, 0.15) is 11.3 Å². The van der Waals surface area contributed by atoms with Crippen molar-refractivity contribution in [3.05, 3.63) is 41.2 Å². The molecule has 1 aromatic carbocycles. The van der Waals surface area contributed by atoms with Crippen LogP contribution in [0.4, 0.5) is 10.7 Å². The lowest BCUT2D eigenvalue weighted by Crippen LogP contribution is -2.33. The van der Waals surface area contributed by atoms with Gasteiger partial charge in [-0.05, 0) is 71.2 Å². The standard InChI is InChI=1S/C25H35N7O4/c1-7-32-20(12-16(3)30-32)22(34)29-23-28-18-13-17(21(26)33)8-9-19(18)31(23)14-15(2)10-11-27-24(35)36-25(4,5)6/h8-9,12-13,15H,7,10-11,14H2,1-6H3,(H2,26,33)(H,27,35)(H,28,29,34)/t15-/m0/s1. The average Bonchev–Trinajstić information content (AvgIpc) is 3.31. The van der Waals surface area contributed by atoms with Crippen LogP contribution in [0.5, 0.6) is 0 Å². The maximum atomic E-state index is 13.1. The molecule has 0 aliphatic carbocycles. The van der Waals surface area contributed by atoms with E-state index in [1.807, 2.05) is 46.1 Å². The summed E-state index contributed by atoms with van der Waals surface area (Å²) in [4.78, 5) is 41.3. The number of carbonyl (C=O) groups excluding carboxylic acids is 3. The lowest BCUT2D eigenvalue weighted by molar-refractivity contribution is 0.0524. The molecule has 3 rings (SSSR count). The Morgan fingerprint density at radius 1 is 1.19 bits per heavy atom. The van der Waals surface area contributed by atoms with Crippen molar-refractivity contribution >= 4 is 34.9 Å². The van der Waals surface area contributed by atoms with Crippen LogP contribution in [0.3, 0.4) is 0 Å². The minimum Gasteiger partial charge on any atom is -0.444 e. The van der Waals surface area contributed by atoms with Gasteiger partial charge in [0, 0.05) is 25.2 Å². The van der Waals surface area contributed by atoms with E-state index in [0.29, 0.717) is 48.8 Å². The monoisotopic (exact) mass is 497 g/mol. The number of aromatic nitrogens is 4. The number of hydrogen-bond donors (Lipinski definition) is 3. The highest BCUT2D eigenvalue weighted by Gasteiger charge is 2.20. The Balaban J connectivity index is 1.82. The largest absolute Gasteiger partial charge is 0.444 e. The molecule has 0 saturated heterocycles. The Labute approximate surface area is 210 Å². The van der Waals surface area contributed by atoms with Crippen molar-refractivity contribution in [3.63, 3.8) is 0 Å². The van der Waals surface area contributed by atoms with E-state index in [9.17, 15) is 14.4 Å². The summed E-state index contributed by atoms with van der Waals surface area (Å²) in [6.07, 6.45) is 0.213. The van der Waals surface area contributed by atoms with Gasteiger partial charge in [0.15, 0.2) is 0 Å². The smallest absolute Gasteiger partial charge is 0.407 e. The second-order valence-electron chi connectivity index (χ2n) is 9.88. The molecule has 1 atom stereocenters. The number of nitrogens with zero attached hydrogens (tertiary/aromatic N) is 4. The van der Waals surface area contributed by atoms with Crippen molar-refractivity contribution in [3.8, 4) is 0 Å². The molecule has 11 nitrogen and oxygen atoms in total. The molecule has 0 fully saturated rings. The molecule has 2 heterocycles. The third-order valence-electron chi connectivity index (χ3n) is 5.49. The first-order valence-electron chi connectivity index (χ1n) is 12.0. The fourth-order valence-corrected chi connectivity index (χ4v) is 3.84. The Morgan fingerprint density at radius 2 is 1.92 bits per heavy atom. The van der Waals surface area contributed by atoms with Crippen LogP contribution in [0.15, 0.2) is 24.3 Å². The van der Waals surface area contributed by atoms with Gasteiger partial charge in [0.2, 0.25) is 11.9 Å². The second-order valence-corrected chi connectivity index (χ2v) is 9.88. The highest BCUT2D eigenvalue weighted by atomic mass is 16.6. The van der Waals surface area contributed by atoms with Gasteiger partial charge in [-0.25, -0.2) is 9.78 Å². The molecule has 4 N–H and O–H groups in total. The quantitative estimate of drug-likeness (QED) is 0.413. The third-order valence-corrected chi connectivity index (χ3v) is 5.49. The molecule has 2 aromatic heterocycles. The number of alkyl carbamates (subject to hydrolysis) is 1. The Hall–Kier alpha value is -3.89. The number of fused-ring (bicyclic) bond motifs is 1. The van der Waals surface area contributed by atoms with Gasteiger partial charge in [-0.15, -0.1) is 0 Å². The maximum Gasteiger partial charge on any atom is 0.407 e. The summed E-state index contributed by atoms with van der Waals surface area (Å²) in [5.74, 6) is -0.415. The molecule has 0 spiro atoms. The van der Waals surface area contributed by atoms with E-state index in [2.05, 4.69) is 20.7 Å². The van der Waals surface area contributed by atoms with Gasteiger partial charge in [-0.1, -0.05) is 6.92 Å². The first-order valence-corrected chi connectivity index (χ1v) is 12.0. The number of nitrogens with one attached hydrogen (secondary N) is 2. The summed E-state index contributed by atoms with van der Waals surface area (Å²) in [5, 5.41) is 10.0. The number of benzene rings is 1. The number of aryl methyl sites for hydroxylation is 2. The van der Waals surface area contributed by atoms with Crippen LogP contribution in [0.25, 0.3) is 11.0 Å². The minimum atomic E-state index is -0.562. The second kappa shape index (κ2) is 10.8. The lowest BCUT2D eigenvalue weighted by atomic mass is 10.1. The third kappa shape index (κ3) is 6.61. The molecule has 0 unspecified atom stereocenters. The molecule has 0 aliphatic heterocycles. The molecule has 194 valence electrons. The van der Waals surface area contributed by atoms with Crippen LogP contribution in [0.2, 0.25) is 0 Å². The fraction of sp³-hybridized carbons (Fsp3) is 0.480. The van der Waals surface area contributed by atoms with Crippen molar-refractivity contribution in [1.82, 2.24) is 24.6 Å². The Morgan fingerprint density at radius 3 is 2.56 bits per heavy atom. The summed E-state index contributed by atoms with van der Waals surface area (Å²) in [7, 11) is 0. The van der Waals surface area contributed by atoms with E-state index in [1.54, 1.807) is 28.9 Å². The van der Waals surface area contributed by atoms with Crippen molar-refractivity contribution < 1.29 is 19.1 Å². The van der Waals surface area contributed by atoms with Gasteiger partial charge >= 0.3 is 6.09 Å². The summed E-state index contributed by atoms with van der Waals surface area (Å²) >= 11 is 0. The molecular formula is C25H35N7O4. The van der Waals surface area contributed by atoms with E-state index in [1.165, 1.54) is 0 Å². The molecule has 3 amide bonds. The zero-order valence-corrected chi connectivity index (χ0v) is 21.7. The summed E-state index contributed by atoms with van der Waals surface area (Å²) in [5.41, 5.74) is 7.68. The number of hydrogen-bond acceptors (Lipinski definition) is 6. The molecule has 0 bridgehead atoms. The number of amides is 3. The van der Waals surface area contributed by atoms with Crippen molar-refractivity contribution in [2.24, 2.45) is 11.7 Å². The number of nitrogens with two attached hydrogens (primary N) is 1. The first kappa shape index (κ1) is 26.7. The number of anilines is 1. The average molecular weight is 498 g/mol. The van der Waals surface area contributed by atoms with Crippen molar-refractivity contribution in [2.75, 3.05) is 11.9 Å². The normalized spacial score (nSPS) is 12.4. The van der Waals surface area contributed by atoms with Crippen LogP contribution in [-0.4, -0.2) is 49.4 Å². The van der Waals surface area contributed by atoms with Crippen LogP contribution in [0, 0.1) is 12.8 Å². The SMILES string of the molecule is CCn1nc(C)cc1C(=O)Nc1nc2cc(C(N)=O)ccc2n1C[C@@H](C)CCNC(=O)OC(C)(C)C. The van der Waals surface area contributed by atoms with Gasteiger partial charge in [0.05, 0.1) is 16.7 Å². The first-order chi connectivity index (χ1) is 16.9. The van der Waals surface area contributed by atoms with Crippen LogP contribution < -0.4 is 16.4 Å². The number of primary amides is 1. The number of rotatable bonds is 9. The van der Waals surface area contributed by atoms with Gasteiger partial charge in [-0.2, -0.15) is 5.10 Å². The highest BCUT2D eigenvalue weighted by molar-refractivity contribution is 6.03. The predicted molar refractivity (Wildman–Crippen MR) is 137 cm³/mol. The lowest BCUT2D eigenvalue weighted by Gasteiger charge is -2.20. The Kier molecular flexibility index (Phi) is 8.01. The number of imidazole rings is 1. The molecular weight excluding hydrogens is 462 g/mol. The van der Waals surface area contributed by atoms with Crippen molar-refractivity contribution in [1.29, 1.82) is 0 Å². The van der Waals surface area contributed by atoms with Crippen LogP contribution in [-0.2, 0) is 17.8 Å². The van der Waals surface area contributed by atoms with E-state index >= 15 is 0 Å². The van der Waals surface area contributed by atoms with Gasteiger partial charge in [0.25, 0.3) is 5.91 Å². The van der Waals surface area contributed by atoms with E-state index in [4.69, 9.17) is 10.5 Å². The zero-order chi connectivity index (χ0) is 26.6. The summed E-state index contributed by atoms with van der Waals surface area (Å²) in [6.45, 7) is 12.7. The van der Waals surface area contributed by atoms with E-state index < -0.39 is 17.6 Å². The molecule has 3 aromatic rings. The predicted octanol–water partition coefficient (Wildman–Crippen LogP) is 3.46. The zero-order valence-electron chi connectivity index (χ0n) is 21.7. The summed E-state index contributed by atoms with van der Waals surface area (Å²) in [6, 6.07) is 6.74. The topological polar surface area (TPSA) is 146 Å². The molecule has 0 saturated carbocycles. The fourth-order valence-electron chi connectivity index (χ4n) is 3.84. The Bertz CT molecular complexity index is 1270.